The first-order valence-corrected chi connectivity index (χ1v) is 5.75. The first kappa shape index (κ1) is 11.7. The second kappa shape index (κ2) is 3.92. The molecule has 0 atom stereocenters. The minimum absolute atomic E-state index is 0. The van der Waals surface area contributed by atoms with Gasteiger partial charge in [-0.25, -0.2) is 0 Å². The van der Waals surface area contributed by atoms with Gasteiger partial charge in [0.25, 0.3) is 0 Å². The second-order valence-corrected chi connectivity index (χ2v) is 5.22. The fourth-order valence-electron chi connectivity index (χ4n) is 1.97. The Bertz CT molecular complexity index is 319. The van der Waals surface area contributed by atoms with Gasteiger partial charge in [0.05, 0.1) is 0 Å². The Morgan fingerprint density at radius 1 is 1.27 bits per heavy atom. The monoisotopic (exact) mass is 218 g/mol. The van der Waals surface area contributed by atoms with E-state index in [1.165, 1.54) is 0 Å². The van der Waals surface area contributed by atoms with Gasteiger partial charge in [0, 0.05) is 25.2 Å². The van der Waals surface area contributed by atoms with Gasteiger partial charge in [0.15, 0.2) is 0 Å². The second-order valence-electron chi connectivity index (χ2n) is 4.44. The zero-order valence-electron chi connectivity index (χ0n) is 9.06. The maximum absolute atomic E-state index is 5.74. The third-order valence-electron chi connectivity index (χ3n) is 2.91. The Balaban J connectivity index is 0.000000853. The van der Waals surface area contributed by atoms with Gasteiger partial charge >= 0.3 is 25.6 Å². The van der Waals surface area contributed by atoms with E-state index in [1.807, 2.05) is 16.8 Å². The van der Waals surface area contributed by atoms with Crippen LogP contribution in [0.4, 0.5) is 0 Å². The summed E-state index contributed by atoms with van der Waals surface area (Å²) in [6, 6.07) is 2.01. The number of thiophene rings is 1. The van der Waals surface area contributed by atoms with Crippen molar-refractivity contribution in [1.82, 2.24) is 0 Å². The van der Waals surface area contributed by atoms with E-state index in [4.69, 9.17) is 14.0 Å². The van der Waals surface area contributed by atoms with Gasteiger partial charge in [-0.3, -0.25) is 0 Å². The van der Waals surface area contributed by atoms with Gasteiger partial charge in [0.2, 0.25) is 0 Å². The summed E-state index contributed by atoms with van der Waals surface area (Å²) in [5, 5.41) is 4.05. The average Bonchev–Trinajstić information content (AvgIpc) is 2.73. The van der Waals surface area contributed by atoms with Crippen LogP contribution in [-0.2, 0) is 14.0 Å². The van der Waals surface area contributed by atoms with Crippen molar-refractivity contribution in [3.63, 3.8) is 0 Å². The van der Waals surface area contributed by atoms with Gasteiger partial charge < -0.3 is 14.0 Å². The standard InChI is InChI=1S/C9H12BO3S.Li/c1-9-5-11-10(12-6-9,13-7-9)8-2-3-14-4-8;/h2-4H,5-7H2,1H3;/q-1;+1. The van der Waals surface area contributed by atoms with E-state index >= 15 is 0 Å². The Kier molecular flexibility index (Phi) is 3.06. The minimum atomic E-state index is -1.60. The Labute approximate surface area is 105 Å². The molecule has 3 aliphatic heterocycles. The molecule has 15 heavy (non-hydrogen) atoms. The molecule has 3 saturated heterocycles. The topological polar surface area (TPSA) is 27.7 Å². The van der Waals surface area contributed by atoms with Crippen LogP contribution in [0.5, 0.6) is 0 Å². The smallest absolute Gasteiger partial charge is 0.540 e. The molecule has 4 rings (SSSR count). The SMILES string of the molecule is CC12CO[B-](c3ccsc3)(OC1)OC2.[Li+]. The van der Waals surface area contributed by atoms with Crippen LogP contribution in [0.3, 0.4) is 0 Å². The van der Waals surface area contributed by atoms with Crippen molar-refractivity contribution < 1.29 is 32.8 Å². The van der Waals surface area contributed by atoms with Gasteiger partial charge in [-0.15, -0.1) is 5.46 Å². The molecule has 2 bridgehead atoms. The summed E-state index contributed by atoms with van der Waals surface area (Å²) in [6.07, 6.45) is 0. The largest absolute Gasteiger partial charge is 1.00 e. The zero-order valence-corrected chi connectivity index (χ0v) is 9.88. The quantitative estimate of drug-likeness (QED) is 0.509. The molecule has 3 aliphatic rings. The summed E-state index contributed by atoms with van der Waals surface area (Å²) in [6.45, 7) is 2.74. The van der Waals surface area contributed by atoms with Crippen LogP contribution in [0.15, 0.2) is 16.8 Å². The van der Waals surface area contributed by atoms with E-state index < -0.39 is 6.75 Å². The molecule has 0 spiro atoms. The molecule has 3 fully saturated rings. The van der Waals surface area contributed by atoms with Crippen molar-refractivity contribution in [2.45, 2.75) is 6.92 Å². The Morgan fingerprint density at radius 3 is 2.33 bits per heavy atom. The predicted octanol–water partition coefficient (Wildman–Crippen LogP) is -2.02. The fraction of sp³-hybridized carbons (Fsp3) is 0.556. The molecule has 4 heterocycles. The number of hydrogen-bond donors (Lipinski definition) is 0. The number of rotatable bonds is 1. The third-order valence-corrected chi connectivity index (χ3v) is 3.61. The van der Waals surface area contributed by atoms with E-state index in [2.05, 4.69) is 6.92 Å². The normalized spacial score (nSPS) is 38.7. The van der Waals surface area contributed by atoms with E-state index in [0.717, 1.165) is 25.3 Å². The summed E-state index contributed by atoms with van der Waals surface area (Å²) in [4.78, 5) is 0. The van der Waals surface area contributed by atoms with Crippen LogP contribution < -0.4 is 24.3 Å². The zero-order chi connectivity index (χ0) is 9.65. The van der Waals surface area contributed by atoms with E-state index in [-0.39, 0.29) is 24.3 Å². The molecule has 6 heteroatoms. The first-order chi connectivity index (χ1) is 6.73. The molecule has 0 N–H and O–H groups in total. The summed E-state index contributed by atoms with van der Waals surface area (Å²) in [5.41, 5.74) is 1.09. The van der Waals surface area contributed by atoms with Gasteiger partial charge in [-0.05, 0) is 10.8 Å². The van der Waals surface area contributed by atoms with Crippen molar-refractivity contribution >= 4 is 23.6 Å². The van der Waals surface area contributed by atoms with Crippen molar-refractivity contribution in [2.24, 2.45) is 5.41 Å². The van der Waals surface area contributed by atoms with E-state index in [1.54, 1.807) is 11.3 Å². The molecule has 0 amide bonds. The summed E-state index contributed by atoms with van der Waals surface area (Å²) < 4.78 is 17.2. The average molecular weight is 218 g/mol. The molecular formula is C9H12BLiO3S. The Hall–Kier alpha value is 0.242. The van der Waals surface area contributed by atoms with E-state index in [9.17, 15) is 0 Å². The maximum Gasteiger partial charge on any atom is 1.00 e. The molecule has 1 aromatic rings. The van der Waals surface area contributed by atoms with Crippen LogP contribution in [0.25, 0.3) is 0 Å². The van der Waals surface area contributed by atoms with Crippen molar-refractivity contribution in [3.8, 4) is 0 Å². The van der Waals surface area contributed by atoms with Crippen molar-refractivity contribution in [2.75, 3.05) is 19.8 Å². The van der Waals surface area contributed by atoms with Crippen LogP contribution in [0, 0.1) is 5.41 Å². The fourth-order valence-corrected chi connectivity index (χ4v) is 2.68. The molecule has 1 aromatic heterocycles. The van der Waals surface area contributed by atoms with Crippen molar-refractivity contribution in [1.29, 1.82) is 0 Å². The molecule has 0 aromatic carbocycles. The van der Waals surface area contributed by atoms with E-state index in [0.29, 0.717) is 0 Å². The number of hydrogen-bond acceptors (Lipinski definition) is 4. The minimum Gasteiger partial charge on any atom is -0.540 e. The maximum atomic E-state index is 5.74. The van der Waals surface area contributed by atoms with Gasteiger partial charge in [-0.1, -0.05) is 13.0 Å². The molecule has 0 radical (unpaired) electrons. The molecular weight excluding hydrogens is 206 g/mol. The molecule has 0 aliphatic carbocycles. The van der Waals surface area contributed by atoms with Crippen LogP contribution in [0.1, 0.15) is 6.92 Å². The van der Waals surface area contributed by atoms with Crippen LogP contribution in [-0.4, -0.2) is 26.6 Å². The van der Waals surface area contributed by atoms with Crippen LogP contribution in [0.2, 0.25) is 0 Å². The number of fused-ring (bicyclic) bond motifs is 3. The van der Waals surface area contributed by atoms with Crippen molar-refractivity contribution in [3.05, 3.63) is 16.8 Å². The first-order valence-electron chi connectivity index (χ1n) is 4.80. The summed E-state index contributed by atoms with van der Waals surface area (Å²) in [5.74, 6) is 0. The third kappa shape index (κ3) is 1.82. The molecule has 76 valence electrons. The predicted molar refractivity (Wildman–Crippen MR) is 55.7 cm³/mol. The summed E-state index contributed by atoms with van der Waals surface area (Å²) >= 11 is 1.64. The molecule has 0 saturated carbocycles. The van der Waals surface area contributed by atoms with Gasteiger partial charge in [0.1, 0.15) is 0 Å². The molecule has 0 unspecified atom stereocenters. The summed E-state index contributed by atoms with van der Waals surface area (Å²) in [7, 11) is 0. The van der Waals surface area contributed by atoms with Crippen LogP contribution >= 0.6 is 11.3 Å². The van der Waals surface area contributed by atoms with Gasteiger partial charge in [-0.2, -0.15) is 11.3 Å². The Morgan fingerprint density at radius 2 is 1.87 bits per heavy atom. The molecule has 3 nitrogen and oxygen atoms in total.